The van der Waals surface area contributed by atoms with Gasteiger partial charge in [0.2, 0.25) is 0 Å². The molecule has 0 unspecified atom stereocenters. The van der Waals surface area contributed by atoms with E-state index >= 15 is 0 Å². The summed E-state index contributed by atoms with van der Waals surface area (Å²) in [6.45, 7) is 0.372. The van der Waals surface area contributed by atoms with Crippen LogP contribution in [0.2, 0.25) is 0 Å². The molecule has 1 heterocycles. The summed E-state index contributed by atoms with van der Waals surface area (Å²) < 4.78 is 11.4. The van der Waals surface area contributed by atoms with Crippen molar-refractivity contribution in [1.29, 1.82) is 0 Å². The number of ether oxygens (including phenoxy) is 2. The van der Waals surface area contributed by atoms with Crippen molar-refractivity contribution in [2.75, 3.05) is 7.11 Å². The summed E-state index contributed by atoms with van der Waals surface area (Å²) in [7, 11) is 1.59. The first-order valence-corrected chi connectivity index (χ1v) is 6.96. The van der Waals surface area contributed by atoms with E-state index in [9.17, 15) is 10.2 Å². The molecule has 110 valence electrons. The number of rotatable bonds is 1. The van der Waals surface area contributed by atoms with Crippen LogP contribution in [-0.4, -0.2) is 17.3 Å². The van der Waals surface area contributed by atoms with E-state index in [0.29, 0.717) is 18.1 Å². The number of benzene rings is 3. The normalized spacial score (nSPS) is 12.4. The standard InChI is InChI=1S/C18H14O4/c1-21-17-15-8-13(20)3-2-10(15)7-16-14-5-4-12(19)6-11(14)9-22-18(16)17/h2-8,19-20H,9H2,1H3. The third-order valence-corrected chi connectivity index (χ3v) is 3.99. The molecule has 2 N–H and O–H groups in total. The zero-order chi connectivity index (χ0) is 15.3. The predicted molar refractivity (Wildman–Crippen MR) is 83.6 cm³/mol. The van der Waals surface area contributed by atoms with E-state index in [4.69, 9.17) is 9.47 Å². The Labute approximate surface area is 127 Å². The van der Waals surface area contributed by atoms with Gasteiger partial charge in [0.15, 0.2) is 11.5 Å². The molecule has 4 nitrogen and oxygen atoms in total. The van der Waals surface area contributed by atoms with Crippen LogP contribution >= 0.6 is 0 Å². The molecule has 0 radical (unpaired) electrons. The molecule has 0 fully saturated rings. The van der Waals surface area contributed by atoms with E-state index in [1.807, 2.05) is 18.2 Å². The lowest BCUT2D eigenvalue weighted by Crippen LogP contribution is -2.07. The monoisotopic (exact) mass is 294 g/mol. The van der Waals surface area contributed by atoms with Crippen LogP contribution in [0.5, 0.6) is 23.0 Å². The van der Waals surface area contributed by atoms with E-state index in [-0.39, 0.29) is 11.5 Å². The highest BCUT2D eigenvalue weighted by Gasteiger charge is 2.23. The minimum Gasteiger partial charge on any atom is -0.508 e. The summed E-state index contributed by atoms with van der Waals surface area (Å²) in [5.74, 6) is 1.69. The van der Waals surface area contributed by atoms with Crippen LogP contribution in [0.15, 0.2) is 42.5 Å². The van der Waals surface area contributed by atoms with Crippen LogP contribution in [0.1, 0.15) is 5.56 Å². The van der Waals surface area contributed by atoms with Gasteiger partial charge in [-0.1, -0.05) is 12.1 Å². The van der Waals surface area contributed by atoms with Crippen molar-refractivity contribution >= 4 is 10.8 Å². The van der Waals surface area contributed by atoms with Gasteiger partial charge in [-0.15, -0.1) is 0 Å². The summed E-state index contributed by atoms with van der Waals surface area (Å²) in [5, 5.41) is 21.1. The highest BCUT2D eigenvalue weighted by atomic mass is 16.5. The van der Waals surface area contributed by atoms with Gasteiger partial charge >= 0.3 is 0 Å². The average Bonchev–Trinajstić information content (AvgIpc) is 2.52. The van der Waals surface area contributed by atoms with Crippen molar-refractivity contribution in [2.24, 2.45) is 0 Å². The van der Waals surface area contributed by atoms with Gasteiger partial charge in [0.1, 0.15) is 18.1 Å². The minimum absolute atomic E-state index is 0.187. The van der Waals surface area contributed by atoms with E-state index in [0.717, 1.165) is 27.5 Å². The minimum atomic E-state index is 0.187. The summed E-state index contributed by atoms with van der Waals surface area (Å²) in [5.41, 5.74) is 2.89. The van der Waals surface area contributed by atoms with Gasteiger partial charge in [-0.05, 0) is 41.3 Å². The van der Waals surface area contributed by atoms with Gasteiger partial charge < -0.3 is 19.7 Å². The van der Waals surface area contributed by atoms with Gasteiger partial charge in [0, 0.05) is 16.5 Å². The lowest BCUT2D eigenvalue weighted by molar-refractivity contribution is 0.282. The molecule has 0 saturated heterocycles. The molecule has 4 rings (SSSR count). The Bertz CT molecular complexity index is 899. The fourth-order valence-electron chi connectivity index (χ4n) is 2.99. The SMILES string of the molecule is COc1c2c(cc3ccc(O)cc13)-c1ccc(O)cc1CO2. The molecule has 0 amide bonds. The molecule has 3 aromatic rings. The second kappa shape index (κ2) is 4.56. The number of hydrogen-bond donors (Lipinski definition) is 2. The highest BCUT2D eigenvalue weighted by molar-refractivity contribution is 5.98. The van der Waals surface area contributed by atoms with E-state index in [1.165, 1.54) is 0 Å². The number of fused-ring (bicyclic) bond motifs is 4. The number of phenolic OH excluding ortho intramolecular Hbond substituents is 2. The molecular weight excluding hydrogens is 280 g/mol. The van der Waals surface area contributed by atoms with Crippen molar-refractivity contribution < 1.29 is 19.7 Å². The Morgan fingerprint density at radius 3 is 2.55 bits per heavy atom. The first-order valence-electron chi connectivity index (χ1n) is 6.96. The zero-order valence-electron chi connectivity index (χ0n) is 12.0. The molecular formula is C18H14O4. The van der Waals surface area contributed by atoms with Gasteiger partial charge in [-0.25, -0.2) is 0 Å². The van der Waals surface area contributed by atoms with Gasteiger partial charge in [-0.2, -0.15) is 0 Å². The van der Waals surface area contributed by atoms with Crippen LogP contribution < -0.4 is 9.47 Å². The molecule has 0 saturated carbocycles. The van der Waals surface area contributed by atoms with Crippen LogP contribution in [0.25, 0.3) is 21.9 Å². The van der Waals surface area contributed by atoms with Gasteiger partial charge in [0.25, 0.3) is 0 Å². The number of hydrogen-bond acceptors (Lipinski definition) is 4. The second-order valence-corrected chi connectivity index (χ2v) is 5.32. The number of phenols is 2. The lowest BCUT2D eigenvalue weighted by Gasteiger charge is -2.24. The summed E-state index contributed by atoms with van der Waals surface area (Å²) >= 11 is 0. The molecule has 0 spiro atoms. The average molecular weight is 294 g/mol. The maximum Gasteiger partial charge on any atom is 0.170 e. The molecule has 0 aromatic heterocycles. The quantitative estimate of drug-likeness (QED) is 0.716. The molecule has 3 aromatic carbocycles. The van der Waals surface area contributed by atoms with Crippen LogP contribution in [0.4, 0.5) is 0 Å². The van der Waals surface area contributed by atoms with E-state index < -0.39 is 0 Å². The maximum atomic E-state index is 9.72. The van der Waals surface area contributed by atoms with Crippen molar-refractivity contribution in [1.82, 2.24) is 0 Å². The highest BCUT2D eigenvalue weighted by Crippen LogP contribution is 2.48. The van der Waals surface area contributed by atoms with Crippen LogP contribution in [-0.2, 0) is 6.61 Å². The molecule has 0 atom stereocenters. The molecule has 22 heavy (non-hydrogen) atoms. The zero-order valence-corrected chi connectivity index (χ0v) is 12.0. The third kappa shape index (κ3) is 1.77. The van der Waals surface area contributed by atoms with Crippen LogP contribution in [0.3, 0.4) is 0 Å². The van der Waals surface area contributed by atoms with E-state index in [1.54, 1.807) is 31.4 Å². The summed E-state index contributed by atoms with van der Waals surface area (Å²) in [6.07, 6.45) is 0. The summed E-state index contributed by atoms with van der Waals surface area (Å²) in [4.78, 5) is 0. The van der Waals surface area contributed by atoms with Crippen LogP contribution in [0, 0.1) is 0 Å². The fourth-order valence-corrected chi connectivity index (χ4v) is 2.99. The Morgan fingerprint density at radius 1 is 0.955 bits per heavy atom. The molecule has 1 aliphatic rings. The van der Waals surface area contributed by atoms with E-state index in [2.05, 4.69) is 0 Å². The fraction of sp³-hybridized carbons (Fsp3) is 0.111. The third-order valence-electron chi connectivity index (χ3n) is 3.99. The van der Waals surface area contributed by atoms with Crippen molar-refractivity contribution in [3.05, 3.63) is 48.0 Å². The first-order chi connectivity index (χ1) is 10.7. The van der Waals surface area contributed by atoms with Crippen molar-refractivity contribution in [3.63, 3.8) is 0 Å². The first kappa shape index (κ1) is 12.8. The predicted octanol–water partition coefficient (Wildman–Crippen LogP) is 3.82. The second-order valence-electron chi connectivity index (χ2n) is 5.32. The lowest BCUT2D eigenvalue weighted by atomic mass is 9.93. The Balaban J connectivity index is 2.07. The molecule has 4 heteroatoms. The number of aromatic hydroxyl groups is 2. The molecule has 0 bridgehead atoms. The van der Waals surface area contributed by atoms with Crippen molar-refractivity contribution in [3.8, 4) is 34.1 Å². The van der Waals surface area contributed by atoms with Gasteiger partial charge in [-0.3, -0.25) is 0 Å². The molecule has 1 aliphatic heterocycles. The largest absolute Gasteiger partial charge is 0.508 e. The summed E-state index contributed by atoms with van der Waals surface area (Å²) in [6, 6.07) is 12.5. The maximum absolute atomic E-state index is 9.72. The number of methoxy groups -OCH3 is 1. The molecule has 0 aliphatic carbocycles. The van der Waals surface area contributed by atoms with Crippen molar-refractivity contribution in [2.45, 2.75) is 6.61 Å². The Kier molecular flexibility index (Phi) is 2.66. The Morgan fingerprint density at radius 2 is 1.73 bits per heavy atom. The van der Waals surface area contributed by atoms with Gasteiger partial charge in [0.05, 0.1) is 7.11 Å². The topological polar surface area (TPSA) is 58.9 Å². The smallest absolute Gasteiger partial charge is 0.170 e. The Hall–Kier alpha value is -2.88.